The number of thiazole rings is 1. The van der Waals surface area contributed by atoms with Gasteiger partial charge in [-0.25, -0.2) is 4.98 Å². The van der Waals surface area contributed by atoms with Crippen LogP contribution < -0.4 is 5.32 Å². The first-order chi connectivity index (χ1) is 14.1. The van der Waals surface area contributed by atoms with Gasteiger partial charge in [0, 0.05) is 32.1 Å². The largest absolute Gasteiger partial charge is 0.379 e. The lowest BCUT2D eigenvalue weighted by Crippen LogP contribution is -2.42. The van der Waals surface area contributed by atoms with Crippen LogP contribution in [0.25, 0.3) is 0 Å². The lowest BCUT2D eigenvalue weighted by Gasteiger charge is -2.34. The molecule has 1 N–H and O–H groups in total. The number of aryl methyl sites for hydroxylation is 2. The van der Waals surface area contributed by atoms with Gasteiger partial charge in [-0.2, -0.15) is 0 Å². The van der Waals surface area contributed by atoms with Crippen LogP contribution in [-0.4, -0.2) is 67.2 Å². The van der Waals surface area contributed by atoms with Crippen molar-refractivity contribution < 1.29 is 4.74 Å². The van der Waals surface area contributed by atoms with Gasteiger partial charge >= 0.3 is 0 Å². The van der Waals surface area contributed by atoms with E-state index in [9.17, 15) is 0 Å². The number of aromatic nitrogens is 1. The second-order valence-electron chi connectivity index (χ2n) is 7.49. The van der Waals surface area contributed by atoms with Crippen LogP contribution in [0.15, 0.2) is 34.6 Å². The third-order valence-electron chi connectivity index (χ3n) is 5.09. The van der Waals surface area contributed by atoms with Crippen molar-refractivity contribution in [3.8, 4) is 0 Å². The number of ether oxygens (including phenoxy) is 1. The fourth-order valence-corrected chi connectivity index (χ4v) is 4.24. The minimum atomic E-state index is 0.252. The van der Waals surface area contributed by atoms with E-state index in [-0.39, 0.29) is 6.04 Å². The molecular formula is C22H33N5OS. The first kappa shape index (κ1) is 21.7. The number of nitrogens with one attached hydrogen (secondary N) is 1. The summed E-state index contributed by atoms with van der Waals surface area (Å²) in [6, 6.07) is 9.05. The fourth-order valence-electron chi connectivity index (χ4n) is 3.64. The van der Waals surface area contributed by atoms with Gasteiger partial charge in [0.25, 0.3) is 0 Å². The molecule has 7 heteroatoms. The molecule has 0 spiro atoms. The van der Waals surface area contributed by atoms with Crippen LogP contribution >= 0.6 is 11.3 Å². The molecule has 158 valence electrons. The molecule has 1 aliphatic rings. The van der Waals surface area contributed by atoms with E-state index in [1.54, 1.807) is 11.3 Å². The number of nitrogens with zero attached hydrogens (tertiary/aromatic N) is 4. The van der Waals surface area contributed by atoms with E-state index < -0.39 is 0 Å². The third-order valence-corrected chi connectivity index (χ3v) is 5.91. The van der Waals surface area contributed by atoms with Gasteiger partial charge in [0.05, 0.1) is 43.0 Å². The third kappa shape index (κ3) is 6.26. The number of hydrogen-bond donors (Lipinski definition) is 1. The predicted molar refractivity (Wildman–Crippen MR) is 121 cm³/mol. The summed E-state index contributed by atoms with van der Waals surface area (Å²) in [5.41, 5.74) is 3.70. The maximum atomic E-state index is 5.58. The molecule has 1 fully saturated rings. The second-order valence-corrected chi connectivity index (χ2v) is 8.55. The Kier molecular flexibility index (Phi) is 8.03. The molecule has 0 saturated carbocycles. The quantitative estimate of drug-likeness (QED) is 0.556. The number of morpholine rings is 1. The van der Waals surface area contributed by atoms with Crippen LogP contribution in [0.3, 0.4) is 0 Å². The smallest absolute Gasteiger partial charge is 0.194 e. The maximum absolute atomic E-state index is 5.58. The summed E-state index contributed by atoms with van der Waals surface area (Å²) < 4.78 is 5.58. The molecule has 1 aromatic carbocycles. The number of hydrogen-bond acceptors (Lipinski definition) is 5. The zero-order chi connectivity index (χ0) is 20.6. The molecular weight excluding hydrogens is 382 g/mol. The number of rotatable bonds is 7. The Morgan fingerprint density at radius 1 is 1.34 bits per heavy atom. The van der Waals surface area contributed by atoms with Crippen LogP contribution in [-0.2, 0) is 11.3 Å². The summed E-state index contributed by atoms with van der Waals surface area (Å²) in [6.45, 7) is 12.1. The normalized spacial score (nSPS) is 16.6. The number of benzene rings is 1. The Hall–Kier alpha value is -1.96. The van der Waals surface area contributed by atoms with Gasteiger partial charge in [-0.1, -0.05) is 29.8 Å². The van der Waals surface area contributed by atoms with E-state index in [1.165, 1.54) is 11.1 Å². The molecule has 2 aromatic rings. The molecule has 0 amide bonds. The van der Waals surface area contributed by atoms with Gasteiger partial charge in [0.15, 0.2) is 5.96 Å². The molecule has 0 radical (unpaired) electrons. The predicted octanol–water partition coefficient (Wildman–Crippen LogP) is 3.23. The van der Waals surface area contributed by atoms with Crippen molar-refractivity contribution in [2.24, 2.45) is 4.99 Å². The number of aliphatic imine (C=N–C) groups is 1. The lowest BCUT2D eigenvalue weighted by molar-refractivity contribution is 0.0179. The molecule has 3 rings (SSSR count). The van der Waals surface area contributed by atoms with E-state index in [2.05, 4.69) is 70.6 Å². The van der Waals surface area contributed by atoms with Crippen molar-refractivity contribution >= 4 is 17.3 Å². The summed E-state index contributed by atoms with van der Waals surface area (Å²) >= 11 is 1.69. The van der Waals surface area contributed by atoms with Gasteiger partial charge < -0.3 is 15.0 Å². The first-order valence-electron chi connectivity index (χ1n) is 10.4. The summed E-state index contributed by atoms with van der Waals surface area (Å²) in [6.07, 6.45) is 0. The van der Waals surface area contributed by atoms with E-state index in [1.807, 2.05) is 6.92 Å². The van der Waals surface area contributed by atoms with E-state index in [4.69, 9.17) is 9.73 Å². The van der Waals surface area contributed by atoms with Gasteiger partial charge in [-0.15, -0.1) is 11.3 Å². The van der Waals surface area contributed by atoms with Gasteiger partial charge in [0.1, 0.15) is 0 Å². The Morgan fingerprint density at radius 2 is 2.14 bits per heavy atom. The Balaban J connectivity index is 1.78. The highest BCUT2D eigenvalue weighted by atomic mass is 32.1. The van der Waals surface area contributed by atoms with Crippen LogP contribution in [0, 0.1) is 13.8 Å². The lowest BCUT2D eigenvalue weighted by atomic mass is 10.0. The van der Waals surface area contributed by atoms with E-state index >= 15 is 0 Å². The van der Waals surface area contributed by atoms with Crippen molar-refractivity contribution in [1.29, 1.82) is 0 Å². The number of guanidine groups is 1. The molecule has 0 bridgehead atoms. The molecule has 1 atom stereocenters. The van der Waals surface area contributed by atoms with E-state index in [0.717, 1.165) is 56.1 Å². The summed E-state index contributed by atoms with van der Waals surface area (Å²) in [5.74, 6) is 0.920. The molecule has 0 aliphatic carbocycles. The molecule has 1 aliphatic heterocycles. The summed E-state index contributed by atoms with van der Waals surface area (Å²) in [5, 5.41) is 6.66. The summed E-state index contributed by atoms with van der Waals surface area (Å²) in [7, 11) is 2.08. The zero-order valence-electron chi connectivity index (χ0n) is 18.0. The molecule has 2 heterocycles. The van der Waals surface area contributed by atoms with Crippen LogP contribution in [0.5, 0.6) is 0 Å². The van der Waals surface area contributed by atoms with Crippen molar-refractivity contribution in [3.05, 3.63) is 51.5 Å². The van der Waals surface area contributed by atoms with Gasteiger partial charge in [-0.05, 0) is 26.3 Å². The maximum Gasteiger partial charge on any atom is 0.194 e. The first-order valence-corrected chi connectivity index (χ1v) is 11.2. The average molecular weight is 416 g/mol. The summed E-state index contributed by atoms with van der Waals surface area (Å²) in [4.78, 5) is 14.3. The zero-order valence-corrected chi connectivity index (χ0v) is 18.8. The monoisotopic (exact) mass is 415 g/mol. The van der Waals surface area contributed by atoms with Crippen LogP contribution in [0.1, 0.15) is 34.8 Å². The Morgan fingerprint density at radius 3 is 2.79 bits per heavy atom. The van der Waals surface area contributed by atoms with E-state index in [0.29, 0.717) is 6.54 Å². The highest BCUT2D eigenvalue weighted by Gasteiger charge is 2.23. The minimum absolute atomic E-state index is 0.252. The Bertz CT molecular complexity index is 800. The molecule has 1 unspecified atom stereocenters. The van der Waals surface area contributed by atoms with Gasteiger partial charge in [0.2, 0.25) is 0 Å². The molecule has 6 nitrogen and oxygen atoms in total. The molecule has 1 saturated heterocycles. The van der Waals surface area contributed by atoms with Crippen LogP contribution in [0.4, 0.5) is 0 Å². The highest BCUT2D eigenvalue weighted by Crippen LogP contribution is 2.23. The van der Waals surface area contributed by atoms with Crippen molar-refractivity contribution in [2.45, 2.75) is 33.4 Å². The highest BCUT2D eigenvalue weighted by molar-refractivity contribution is 7.09. The Labute approximate surface area is 178 Å². The minimum Gasteiger partial charge on any atom is -0.379 e. The molecule has 1 aromatic heterocycles. The van der Waals surface area contributed by atoms with Crippen molar-refractivity contribution in [1.82, 2.24) is 20.1 Å². The van der Waals surface area contributed by atoms with Crippen molar-refractivity contribution in [3.63, 3.8) is 0 Å². The second kappa shape index (κ2) is 10.7. The van der Waals surface area contributed by atoms with Gasteiger partial charge in [-0.3, -0.25) is 9.89 Å². The fraction of sp³-hybridized carbons (Fsp3) is 0.545. The van der Waals surface area contributed by atoms with Crippen LogP contribution in [0.2, 0.25) is 0 Å². The topological polar surface area (TPSA) is 53.0 Å². The van der Waals surface area contributed by atoms with Crippen molar-refractivity contribution in [2.75, 3.05) is 46.4 Å². The average Bonchev–Trinajstić information content (AvgIpc) is 3.12. The standard InChI is InChI=1S/C22H33N5OS/c1-5-23-22(26(4)15-20-16-29-18(3)25-20)24-14-21(27-9-11-28-12-10-27)19-8-6-7-17(2)13-19/h6-8,13,16,21H,5,9-12,14-15H2,1-4H3,(H,23,24). The molecule has 29 heavy (non-hydrogen) atoms. The SMILES string of the molecule is CCNC(=NCC(c1cccc(C)c1)N1CCOCC1)N(C)Cc1csc(C)n1.